The Labute approximate surface area is 93.2 Å². The van der Waals surface area contributed by atoms with Crippen molar-refractivity contribution in [1.82, 2.24) is 10.2 Å². The first-order valence-electron chi connectivity index (χ1n) is 6.18. The van der Waals surface area contributed by atoms with Crippen molar-refractivity contribution in [3.63, 3.8) is 0 Å². The van der Waals surface area contributed by atoms with Crippen LogP contribution in [0.3, 0.4) is 0 Å². The summed E-state index contributed by atoms with van der Waals surface area (Å²) >= 11 is 0. The predicted molar refractivity (Wildman–Crippen MR) is 62.8 cm³/mol. The van der Waals surface area contributed by atoms with Gasteiger partial charge in [-0.3, -0.25) is 4.79 Å². The van der Waals surface area contributed by atoms with Crippen LogP contribution in [-0.2, 0) is 4.79 Å². The highest BCUT2D eigenvalue weighted by atomic mass is 16.2. The Kier molecular flexibility index (Phi) is 5.69. The van der Waals surface area contributed by atoms with E-state index in [-0.39, 0.29) is 0 Å². The van der Waals surface area contributed by atoms with Crippen LogP contribution >= 0.6 is 0 Å². The number of unbranched alkanes of at least 4 members (excludes halogenated alkanes) is 2. The van der Waals surface area contributed by atoms with Gasteiger partial charge in [0, 0.05) is 20.0 Å². The van der Waals surface area contributed by atoms with Gasteiger partial charge >= 0.3 is 0 Å². The molecule has 1 aliphatic rings. The van der Waals surface area contributed by atoms with Gasteiger partial charge in [-0.25, -0.2) is 0 Å². The van der Waals surface area contributed by atoms with Crippen LogP contribution in [0.4, 0.5) is 0 Å². The third-order valence-corrected chi connectivity index (χ3v) is 3.11. The molecule has 1 unspecified atom stereocenters. The lowest BCUT2D eigenvalue weighted by Crippen LogP contribution is -2.32. The largest absolute Gasteiger partial charge is 0.345 e. The van der Waals surface area contributed by atoms with E-state index in [1.54, 1.807) is 0 Å². The normalized spacial score (nSPS) is 20.5. The minimum absolute atomic E-state index is 0.315. The average Bonchev–Trinajstić information content (AvgIpc) is 2.70. The molecule has 3 heteroatoms. The highest BCUT2D eigenvalue weighted by Crippen LogP contribution is 2.10. The first kappa shape index (κ1) is 12.5. The van der Waals surface area contributed by atoms with Crippen molar-refractivity contribution in [2.75, 3.05) is 26.7 Å². The van der Waals surface area contributed by atoms with Gasteiger partial charge in [0.25, 0.3) is 0 Å². The molecule has 0 aromatic carbocycles. The predicted octanol–water partition coefficient (Wildman–Crippen LogP) is 1.63. The van der Waals surface area contributed by atoms with Crippen molar-refractivity contribution in [2.24, 2.45) is 5.92 Å². The van der Waals surface area contributed by atoms with Gasteiger partial charge in [-0.1, -0.05) is 19.8 Å². The molecule has 0 bridgehead atoms. The molecule has 88 valence electrons. The molecule has 0 aliphatic carbocycles. The molecule has 1 atom stereocenters. The molecule has 0 spiro atoms. The van der Waals surface area contributed by atoms with E-state index >= 15 is 0 Å². The van der Waals surface area contributed by atoms with E-state index in [0.717, 1.165) is 32.5 Å². The van der Waals surface area contributed by atoms with Crippen LogP contribution in [0.2, 0.25) is 0 Å². The van der Waals surface area contributed by atoms with Crippen molar-refractivity contribution in [3.05, 3.63) is 0 Å². The van der Waals surface area contributed by atoms with Gasteiger partial charge in [-0.05, 0) is 31.8 Å². The summed E-state index contributed by atoms with van der Waals surface area (Å²) in [6, 6.07) is 0. The van der Waals surface area contributed by atoms with E-state index in [9.17, 15) is 4.79 Å². The summed E-state index contributed by atoms with van der Waals surface area (Å²) in [5, 5.41) is 3.33. The van der Waals surface area contributed by atoms with E-state index < -0.39 is 0 Å². The lowest BCUT2D eigenvalue weighted by atomic mass is 10.1. The number of carbonyl (C=O) groups is 1. The molecule has 1 amide bonds. The van der Waals surface area contributed by atoms with Gasteiger partial charge in [-0.2, -0.15) is 0 Å². The standard InChI is InChI=1S/C12H24N2O/c1-3-4-5-6-12(15)14(2)10-11-7-8-13-9-11/h11,13H,3-10H2,1-2H3. The van der Waals surface area contributed by atoms with Crippen LogP contribution in [0.5, 0.6) is 0 Å². The van der Waals surface area contributed by atoms with E-state index in [1.165, 1.54) is 19.3 Å². The maximum absolute atomic E-state index is 11.7. The second-order valence-corrected chi connectivity index (χ2v) is 4.59. The zero-order valence-corrected chi connectivity index (χ0v) is 10.1. The van der Waals surface area contributed by atoms with Crippen molar-refractivity contribution < 1.29 is 4.79 Å². The van der Waals surface area contributed by atoms with Crippen LogP contribution in [0.1, 0.15) is 39.0 Å². The van der Waals surface area contributed by atoms with Crippen LogP contribution in [0.15, 0.2) is 0 Å². The van der Waals surface area contributed by atoms with Crippen LogP contribution in [-0.4, -0.2) is 37.5 Å². The molecular weight excluding hydrogens is 188 g/mol. The van der Waals surface area contributed by atoms with Gasteiger partial charge in [0.15, 0.2) is 0 Å². The molecule has 15 heavy (non-hydrogen) atoms. The van der Waals surface area contributed by atoms with Gasteiger partial charge in [-0.15, -0.1) is 0 Å². The number of carbonyl (C=O) groups excluding carboxylic acids is 1. The molecule has 1 fully saturated rings. The van der Waals surface area contributed by atoms with Crippen molar-refractivity contribution in [1.29, 1.82) is 0 Å². The third-order valence-electron chi connectivity index (χ3n) is 3.11. The second kappa shape index (κ2) is 6.83. The van der Waals surface area contributed by atoms with Gasteiger partial charge in [0.2, 0.25) is 5.91 Å². The SMILES string of the molecule is CCCCCC(=O)N(C)CC1CCNC1. The summed E-state index contributed by atoms with van der Waals surface area (Å²) in [4.78, 5) is 13.6. The molecule has 1 aliphatic heterocycles. The van der Waals surface area contributed by atoms with Gasteiger partial charge in [0.1, 0.15) is 0 Å². The number of rotatable bonds is 6. The lowest BCUT2D eigenvalue weighted by molar-refractivity contribution is -0.130. The first-order chi connectivity index (χ1) is 7.24. The number of hydrogen-bond acceptors (Lipinski definition) is 2. The Balaban J connectivity index is 2.14. The summed E-state index contributed by atoms with van der Waals surface area (Å²) in [5.41, 5.74) is 0. The smallest absolute Gasteiger partial charge is 0.222 e. The summed E-state index contributed by atoms with van der Waals surface area (Å²) in [5.74, 6) is 0.987. The third kappa shape index (κ3) is 4.65. The zero-order chi connectivity index (χ0) is 11.1. The maximum Gasteiger partial charge on any atom is 0.222 e. The van der Waals surface area contributed by atoms with E-state index in [4.69, 9.17) is 0 Å². The minimum Gasteiger partial charge on any atom is -0.345 e. The van der Waals surface area contributed by atoms with Crippen LogP contribution < -0.4 is 5.32 Å². The Morgan fingerprint density at radius 2 is 2.27 bits per heavy atom. The average molecular weight is 212 g/mol. The fraction of sp³-hybridized carbons (Fsp3) is 0.917. The molecule has 1 N–H and O–H groups in total. The Bertz CT molecular complexity index is 188. The van der Waals surface area contributed by atoms with E-state index in [0.29, 0.717) is 11.8 Å². The van der Waals surface area contributed by atoms with Crippen LogP contribution in [0.25, 0.3) is 0 Å². The highest BCUT2D eigenvalue weighted by Gasteiger charge is 2.18. The molecule has 1 heterocycles. The van der Waals surface area contributed by atoms with Gasteiger partial charge in [0.05, 0.1) is 0 Å². The summed E-state index contributed by atoms with van der Waals surface area (Å²) in [6.07, 6.45) is 5.34. The molecule has 0 radical (unpaired) electrons. The number of amides is 1. The summed E-state index contributed by atoms with van der Waals surface area (Å²) in [6.45, 7) is 5.28. The quantitative estimate of drug-likeness (QED) is 0.679. The van der Waals surface area contributed by atoms with Gasteiger partial charge < -0.3 is 10.2 Å². The Morgan fingerprint density at radius 3 is 2.87 bits per heavy atom. The Morgan fingerprint density at radius 1 is 1.47 bits per heavy atom. The monoisotopic (exact) mass is 212 g/mol. The maximum atomic E-state index is 11.7. The second-order valence-electron chi connectivity index (χ2n) is 4.59. The molecule has 3 nitrogen and oxygen atoms in total. The molecule has 0 aromatic rings. The lowest BCUT2D eigenvalue weighted by Gasteiger charge is -2.20. The van der Waals surface area contributed by atoms with Crippen molar-refractivity contribution in [3.8, 4) is 0 Å². The molecule has 1 rings (SSSR count). The van der Waals surface area contributed by atoms with E-state index in [1.807, 2.05) is 11.9 Å². The fourth-order valence-electron chi connectivity index (χ4n) is 2.08. The fourth-order valence-corrected chi connectivity index (χ4v) is 2.08. The van der Waals surface area contributed by atoms with Crippen molar-refractivity contribution >= 4 is 5.91 Å². The zero-order valence-electron chi connectivity index (χ0n) is 10.1. The first-order valence-corrected chi connectivity index (χ1v) is 6.18. The Hall–Kier alpha value is -0.570. The van der Waals surface area contributed by atoms with Crippen LogP contribution in [0, 0.1) is 5.92 Å². The number of nitrogens with zero attached hydrogens (tertiary/aromatic N) is 1. The summed E-state index contributed by atoms with van der Waals surface area (Å²) in [7, 11) is 1.94. The topological polar surface area (TPSA) is 32.3 Å². The molecule has 0 saturated carbocycles. The minimum atomic E-state index is 0.315. The molecule has 0 aromatic heterocycles. The highest BCUT2D eigenvalue weighted by molar-refractivity contribution is 5.75. The molecular formula is C12H24N2O. The van der Waals surface area contributed by atoms with Crippen molar-refractivity contribution in [2.45, 2.75) is 39.0 Å². The van der Waals surface area contributed by atoms with E-state index in [2.05, 4.69) is 12.2 Å². The summed E-state index contributed by atoms with van der Waals surface area (Å²) < 4.78 is 0. The number of hydrogen-bond donors (Lipinski definition) is 1. The molecule has 1 saturated heterocycles. The number of nitrogens with one attached hydrogen (secondary N) is 1.